The maximum Gasteiger partial charge on any atom is 0.340 e. The van der Waals surface area contributed by atoms with Crippen molar-refractivity contribution < 1.29 is 14.3 Å². The van der Waals surface area contributed by atoms with Crippen LogP contribution in [0.3, 0.4) is 0 Å². The van der Waals surface area contributed by atoms with Crippen LogP contribution >= 0.6 is 11.3 Å². The van der Waals surface area contributed by atoms with Crippen molar-refractivity contribution >= 4 is 28.2 Å². The Labute approximate surface area is 140 Å². The number of esters is 1. The van der Waals surface area contributed by atoms with E-state index >= 15 is 0 Å². The first-order valence-electron chi connectivity index (χ1n) is 7.44. The zero-order valence-corrected chi connectivity index (χ0v) is 14.8. The van der Waals surface area contributed by atoms with E-state index in [1.54, 1.807) is 12.1 Å². The number of aryl methyl sites for hydroxylation is 2. The molecule has 1 aromatic carbocycles. The molecule has 0 bridgehead atoms. The number of hydrogen-bond donors (Lipinski definition) is 1. The molecule has 0 radical (unpaired) electrons. The zero-order valence-electron chi connectivity index (χ0n) is 14.0. The lowest BCUT2D eigenvalue weighted by molar-refractivity contribution is 0.0602. The molecule has 0 aliphatic heterocycles. The van der Waals surface area contributed by atoms with Crippen LogP contribution in [0.2, 0.25) is 0 Å². The molecule has 0 saturated carbocycles. The zero-order chi connectivity index (χ0) is 17.1. The SMILES string of the molecule is COC(=O)c1cc(C(C)C)sc1NC(=O)c1ccc(C)c(C)c1. The number of nitrogens with one attached hydrogen (secondary N) is 1. The summed E-state index contributed by atoms with van der Waals surface area (Å²) >= 11 is 1.41. The Kier molecular flexibility index (Phi) is 5.21. The highest BCUT2D eigenvalue weighted by atomic mass is 32.1. The Morgan fingerprint density at radius 3 is 2.39 bits per heavy atom. The molecule has 5 heteroatoms. The molecule has 2 rings (SSSR count). The topological polar surface area (TPSA) is 55.4 Å². The number of thiophene rings is 1. The lowest BCUT2D eigenvalue weighted by Crippen LogP contribution is -2.14. The Hall–Kier alpha value is -2.14. The maximum absolute atomic E-state index is 12.5. The van der Waals surface area contributed by atoms with E-state index in [9.17, 15) is 9.59 Å². The van der Waals surface area contributed by atoms with Crippen LogP contribution in [0, 0.1) is 13.8 Å². The molecule has 0 aliphatic carbocycles. The van der Waals surface area contributed by atoms with Crippen LogP contribution in [-0.4, -0.2) is 19.0 Å². The van der Waals surface area contributed by atoms with Crippen molar-refractivity contribution in [2.24, 2.45) is 0 Å². The molecular weight excluding hydrogens is 310 g/mol. The molecule has 23 heavy (non-hydrogen) atoms. The fraction of sp³-hybridized carbons (Fsp3) is 0.333. The average molecular weight is 331 g/mol. The normalized spacial score (nSPS) is 10.7. The van der Waals surface area contributed by atoms with Crippen molar-refractivity contribution in [2.75, 3.05) is 12.4 Å². The summed E-state index contributed by atoms with van der Waals surface area (Å²) in [5.74, 6) is -0.394. The molecule has 0 aliphatic rings. The van der Waals surface area contributed by atoms with Crippen LogP contribution in [0.25, 0.3) is 0 Å². The second kappa shape index (κ2) is 6.96. The Morgan fingerprint density at radius 2 is 1.83 bits per heavy atom. The minimum atomic E-state index is -0.441. The number of carbonyl (C=O) groups excluding carboxylic acids is 2. The van der Waals surface area contributed by atoms with Crippen LogP contribution in [0.4, 0.5) is 5.00 Å². The van der Waals surface area contributed by atoms with Gasteiger partial charge in [0.05, 0.1) is 12.7 Å². The maximum atomic E-state index is 12.5. The van der Waals surface area contributed by atoms with Gasteiger partial charge in [0.2, 0.25) is 0 Å². The first kappa shape index (κ1) is 17.2. The summed E-state index contributed by atoms with van der Waals surface area (Å²) < 4.78 is 4.81. The number of methoxy groups -OCH3 is 1. The summed E-state index contributed by atoms with van der Waals surface area (Å²) in [6.07, 6.45) is 0. The first-order valence-corrected chi connectivity index (χ1v) is 8.25. The molecule has 0 unspecified atom stereocenters. The van der Waals surface area contributed by atoms with Crippen molar-refractivity contribution in [3.05, 3.63) is 51.4 Å². The van der Waals surface area contributed by atoms with Gasteiger partial charge in [-0.1, -0.05) is 19.9 Å². The van der Waals surface area contributed by atoms with Gasteiger partial charge in [0.15, 0.2) is 0 Å². The largest absolute Gasteiger partial charge is 0.465 e. The van der Waals surface area contributed by atoms with Gasteiger partial charge in [0.1, 0.15) is 5.00 Å². The van der Waals surface area contributed by atoms with Crippen LogP contribution in [0.5, 0.6) is 0 Å². The third-order valence-corrected chi connectivity index (χ3v) is 5.07. The van der Waals surface area contributed by atoms with Crippen LogP contribution in [0.15, 0.2) is 24.3 Å². The van der Waals surface area contributed by atoms with Gasteiger partial charge in [0.25, 0.3) is 5.91 Å². The van der Waals surface area contributed by atoms with Crippen molar-refractivity contribution in [1.29, 1.82) is 0 Å². The molecule has 0 atom stereocenters. The predicted molar refractivity (Wildman–Crippen MR) is 93.6 cm³/mol. The van der Waals surface area contributed by atoms with E-state index in [0.29, 0.717) is 16.1 Å². The summed E-state index contributed by atoms with van der Waals surface area (Å²) in [5.41, 5.74) is 3.16. The van der Waals surface area contributed by atoms with E-state index in [1.807, 2.05) is 39.8 Å². The molecule has 4 nitrogen and oxygen atoms in total. The Balaban J connectivity index is 2.32. The number of rotatable bonds is 4. The lowest BCUT2D eigenvalue weighted by atomic mass is 10.1. The van der Waals surface area contributed by atoms with E-state index < -0.39 is 5.97 Å². The Bertz CT molecular complexity index is 747. The highest BCUT2D eigenvalue weighted by molar-refractivity contribution is 7.16. The summed E-state index contributed by atoms with van der Waals surface area (Å²) in [7, 11) is 1.34. The van der Waals surface area contributed by atoms with Gasteiger partial charge in [-0.15, -0.1) is 11.3 Å². The molecule has 0 spiro atoms. The van der Waals surface area contributed by atoms with Gasteiger partial charge in [-0.3, -0.25) is 4.79 Å². The Morgan fingerprint density at radius 1 is 1.13 bits per heavy atom. The van der Waals surface area contributed by atoms with Crippen LogP contribution in [-0.2, 0) is 4.74 Å². The molecular formula is C18H21NO3S. The van der Waals surface area contributed by atoms with E-state index in [-0.39, 0.29) is 11.8 Å². The third kappa shape index (κ3) is 3.79. The average Bonchev–Trinajstić information content (AvgIpc) is 2.93. The van der Waals surface area contributed by atoms with Crippen molar-refractivity contribution in [3.63, 3.8) is 0 Å². The molecule has 1 N–H and O–H groups in total. The van der Waals surface area contributed by atoms with Gasteiger partial charge < -0.3 is 10.1 Å². The summed E-state index contributed by atoms with van der Waals surface area (Å²) in [6, 6.07) is 7.34. The second-order valence-electron chi connectivity index (χ2n) is 5.79. The van der Waals surface area contributed by atoms with Gasteiger partial charge in [-0.2, -0.15) is 0 Å². The van der Waals surface area contributed by atoms with Gasteiger partial charge in [-0.25, -0.2) is 4.79 Å². The standard InChI is InChI=1S/C18H21NO3S/c1-10(2)15-9-14(18(21)22-5)17(23-15)19-16(20)13-7-6-11(3)12(4)8-13/h6-10H,1-5H3,(H,19,20). The fourth-order valence-corrected chi connectivity index (χ4v) is 3.15. The smallest absolute Gasteiger partial charge is 0.340 e. The number of carbonyl (C=O) groups is 2. The summed E-state index contributed by atoms with van der Waals surface area (Å²) in [5, 5.41) is 3.37. The van der Waals surface area contributed by atoms with Crippen molar-refractivity contribution in [3.8, 4) is 0 Å². The summed E-state index contributed by atoms with van der Waals surface area (Å²) in [4.78, 5) is 25.4. The van der Waals surface area contributed by atoms with Crippen molar-refractivity contribution in [2.45, 2.75) is 33.6 Å². The van der Waals surface area contributed by atoms with E-state index in [4.69, 9.17) is 4.74 Å². The van der Waals surface area contributed by atoms with Crippen LogP contribution in [0.1, 0.15) is 56.5 Å². The quantitative estimate of drug-likeness (QED) is 0.838. The minimum Gasteiger partial charge on any atom is -0.465 e. The second-order valence-corrected chi connectivity index (χ2v) is 6.87. The number of anilines is 1. The van der Waals surface area contributed by atoms with E-state index in [2.05, 4.69) is 5.32 Å². The number of benzene rings is 1. The monoisotopic (exact) mass is 331 g/mol. The molecule has 1 aromatic heterocycles. The van der Waals surface area contributed by atoms with Crippen molar-refractivity contribution in [1.82, 2.24) is 0 Å². The molecule has 122 valence electrons. The number of hydrogen-bond acceptors (Lipinski definition) is 4. The molecule has 1 amide bonds. The van der Waals surface area contributed by atoms with Gasteiger partial charge in [-0.05, 0) is 49.1 Å². The van der Waals surface area contributed by atoms with E-state index in [1.165, 1.54) is 18.4 Å². The summed E-state index contributed by atoms with van der Waals surface area (Å²) in [6.45, 7) is 8.05. The van der Waals surface area contributed by atoms with E-state index in [0.717, 1.165) is 16.0 Å². The van der Waals surface area contributed by atoms with Crippen LogP contribution < -0.4 is 5.32 Å². The number of ether oxygens (including phenoxy) is 1. The lowest BCUT2D eigenvalue weighted by Gasteiger charge is -2.07. The first-order chi connectivity index (χ1) is 10.8. The third-order valence-electron chi connectivity index (χ3n) is 3.72. The fourth-order valence-electron chi connectivity index (χ4n) is 2.11. The highest BCUT2D eigenvalue weighted by Crippen LogP contribution is 2.33. The molecule has 2 aromatic rings. The number of amides is 1. The predicted octanol–water partition coefficient (Wildman–Crippen LogP) is 4.53. The minimum absolute atomic E-state index is 0.226. The van der Waals surface area contributed by atoms with Gasteiger partial charge in [0, 0.05) is 10.4 Å². The highest BCUT2D eigenvalue weighted by Gasteiger charge is 2.20. The molecule has 0 saturated heterocycles. The molecule has 0 fully saturated rings. The van der Waals surface area contributed by atoms with Gasteiger partial charge >= 0.3 is 5.97 Å². The molecule has 1 heterocycles.